The van der Waals surface area contributed by atoms with E-state index in [9.17, 15) is 4.39 Å². The Hall–Kier alpha value is -2.59. The molecular weight excluding hydrogens is 331 g/mol. The van der Waals surface area contributed by atoms with E-state index in [4.69, 9.17) is 4.98 Å². The average molecular weight is 346 g/mol. The molecule has 0 bridgehead atoms. The fraction of sp³-hybridized carbons (Fsp3) is 0.143. The predicted octanol–water partition coefficient (Wildman–Crippen LogP) is 5.58. The Kier molecular flexibility index (Phi) is 3.22. The van der Waals surface area contributed by atoms with Crippen molar-refractivity contribution in [3.8, 4) is 10.6 Å². The molecule has 25 heavy (non-hydrogen) atoms. The summed E-state index contributed by atoms with van der Waals surface area (Å²) in [5, 5.41) is 0.879. The first-order valence-electron chi connectivity index (χ1n) is 8.34. The lowest BCUT2D eigenvalue weighted by Crippen LogP contribution is -2.10. The van der Waals surface area contributed by atoms with Gasteiger partial charge >= 0.3 is 0 Å². The van der Waals surface area contributed by atoms with E-state index in [1.54, 1.807) is 23.5 Å². The van der Waals surface area contributed by atoms with E-state index in [0.717, 1.165) is 39.5 Å². The Balaban J connectivity index is 1.58. The van der Waals surface area contributed by atoms with Crippen molar-refractivity contribution in [3.05, 3.63) is 83.8 Å². The SMILES string of the molecule is Fc1ccc(-c2nc3ccc(C4(c5ccccc5)CC4)nc3s2)cc1. The van der Waals surface area contributed by atoms with Crippen molar-refractivity contribution in [2.45, 2.75) is 18.3 Å². The van der Waals surface area contributed by atoms with Gasteiger partial charge in [-0.1, -0.05) is 41.7 Å². The summed E-state index contributed by atoms with van der Waals surface area (Å²) in [5.74, 6) is -0.233. The highest BCUT2D eigenvalue weighted by atomic mass is 32.1. The maximum absolute atomic E-state index is 13.1. The minimum absolute atomic E-state index is 0.0650. The highest BCUT2D eigenvalue weighted by Crippen LogP contribution is 2.53. The van der Waals surface area contributed by atoms with Crippen LogP contribution in [0.15, 0.2) is 66.7 Å². The molecule has 2 aromatic carbocycles. The van der Waals surface area contributed by atoms with E-state index >= 15 is 0 Å². The number of nitrogens with zero attached hydrogens (tertiary/aromatic N) is 2. The van der Waals surface area contributed by atoms with Crippen molar-refractivity contribution in [2.75, 3.05) is 0 Å². The molecule has 2 nitrogen and oxygen atoms in total. The number of rotatable bonds is 3. The standard InChI is InChI=1S/C21H15FN2S/c22-16-8-6-14(7-9-16)19-23-17-10-11-18(24-20(17)25-19)21(12-13-21)15-4-2-1-3-5-15/h1-11H,12-13H2. The zero-order chi connectivity index (χ0) is 16.9. The molecule has 1 aliphatic carbocycles. The normalized spacial score (nSPS) is 15.4. The smallest absolute Gasteiger partial charge is 0.144 e. The van der Waals surface area contributed by atoms with Gasteiger partial charge in [0, 0.05) is 11.0 Å². The quantitative estimate of drug-likeness (QED) is 0.484. The van der Waals surface area contributed by atoms with Gasteiger partial charge in [-0.05, 0) is 54.8 Å². The number of hydrogen-bond donors (Lipinski definition) is 0. The number of halogens is 1. The predicted molar refractivity (Wildman–Crippen MR) is 99.3 cm³/mol. The van der Waals surface area contributed by atoms with Crippen molar-refractivity contribution in [1.82, 2.24) is 9.97 Å². The number of thiazole rings is 1. The number of benzene rings is 2. The zero-order valence-corrected chi connectivity index (χ0v) is 14.3. The molecule has 0 unspecified atom stereocenters. The van der Waals surface area contributed by atoms with Gasteiger partial charge in [0.2, 0.25) is 0 Å². The molecule has 4 aromatic rings. The molecule has 4 heteroatoms. The minimum atomic E-state index is -0.233. The molecule has 1 fully saturated rings. The first-order valence-corrected chi connectivity index (χ1v) is 9.16. The van der Waals surface area contributed by atoms with E-state index in [-0.39, 0.29) is 11.2 Å². The Morgan fingerprint density at radius 3 is 2.32 bits per heavy atom. The molecule has 1 aliphatic rings. The van der Waals surface area contributed by atoms with Crippen LogP contribution in [0.3, 0.4) is 0 Å². The first kappa shape index (κ1) is 14.7. The van der Waals surface area contributed by atoms with E-state index < -0.39 is 0 Å². The summed E-state index contributed by atoms with van der Waals surface area (Å²) in [4.78, 5) is 10.5. The summed E-state index contributed by atoms with van der Waals surface area (Å²) in [7, 11) is 0. The summed E-state index contributed by atoms with van der Waals surface area (Å²) in [6.07, 6.45) is 2.28. The molecule has 0 aliphatic heterocycles. The second kappa shape index (κ2) is 5.46. The lowest BCUT2D eigenvalue weighted by molar-refractivity contribution is 0.628. The van der Waals surface area contributed by atoms with Crippen molar-refractivity contribution in [1.29, 1.82) is 0 Å². The molecule has 0 radical (unpaired) electrons. The average Bonchev–Trinajstić information content (AvgIpc) is 3.36. The van der Waals surface area contributed by atoms with E-state index in [1.165, 1.54) is 17.7 Å². The molecule has 2 aromatic heterocycles. The molecule has 0 N–H and O–H groups in total. The van der Waals surface area contributed by atoms with E-state index in [0.29, 0.717) is 0 Å². The third-order valence-electron chi connectivity index (χ3n) is 4.91. The molecule has 0 atom stereocenters. The number of pyridine rings is 1. The molecule has 0 saturated heterocycles. The van der Waals surface area contributed by atoms with Crippen molar-refractivity contribution < 1.29 is 4.39 Å². The number of hydrogen-bond acceptors (Lipinski definition) is 3. The molecule has 0 spiro atoms. The first-order chi connectivity index (χ1) is 12.2. The summed E-state index contributed by atoms with van der Waals surface area (Å²) >= 11 is 1.56. The van der Waals surface area contributed by atoms with Crippen LogP contribution in [-0.2, 0) is 5.41 Å². The number of aromatic nitrogens is 2. The van der Waals surface area contributed by atoms with E-state index in [2.05, 4.69) is 41.4 Å². The second-order valence-corrected chi connectivity index (χ2v) is 7.47. The highest BCUT2D eigenvalue weighted by molar-refractivity contribution is 7.21. The fourth-order valence-electron chi connectivity index (χ4n) is 3.37. The highest BCUT2D eigenvalue weighted by Gasteiger charge is 2.47. The van der Waals surface area contributed by atoms with Gasteiger partial charge < -0.3 is 0 Å². The topological polar surface area (TPSA) is 25.8 Å². The van der Waals surface area contributed by atoms with Gasteiger partial charge in [-0.15, -0.1) is 0 Å². The fourth-order valence-corrected chi connectivity index (χ4v) is 4.32. The molecule has 122 valence electrons. The lowest BCUT2D eigenvalue weighted by atomic mass is 9.92. The maximum atomic E-state index is 13.1. The van der Waals surface area contributed by atoms with Gasteiger partial charge in [0.25, 0.3) is 0 Å². The second-order valence-electron chi connectivity index (χ2n) is 6.49. The van der Waals surface area contributed by atoms with Crippen LogP contribution >= 0.6 is 11.3 Å². The summed E-state index contributed by atoms with van der Waals surface area (Å²) in [5.41, 5.74) is 4.35. The Morgan fingerprint density at radius 1 is 0.840 bits per heavy atom. The largest absolute Gasteiger partial charge is 0.239 e. The Bertz CT molecular complexity index is 1050. The van der Waals surface area contributed by atoms with Crippen molar-refractivity contribution >= 4 is 21.7 Å². The van der Waals surface area contributed by atoms with Crippen LogP contribution in [0, 0.1) is 5.82 Å². The van der Waals surface area contributed by atoms with Gasteiger partial charge in [0.15, 0.2) is 0 Å². The molecule has 5 rings (SSSR count). The minimum Gasteiger partial charge on any atom is -0.239 e. The summed E-state index contributed by atoms with van der Waals surface area (Å²) in [6, 6.07) is 21.2. The Labute approximate surface area is 149 Å². The summed E-state index contributed by atoms with van der Waals surface area (Å²) < 4.78 is 13.1. The third-order valence-corrected chi connectivity index (χ3v) is 5.93. The zero-order valence-electron chi connectivity index (χ0n) is 13.4. The Morgan fingerprint density at radius 2 is 1.60 bits per heavy atom. The van der Waals surface area contributed by atoms with E-state index in [1.807, 2.05) is 6.07 Å². The van der Waals surface area contributed by atoms with Gasteiger partial charge in [0.05, 0.1) is 5.69 Å². The molecular formula is C21H15FN2S. The van der Waals surface area contributed by atoms with Crippen molar-refractivity contribution in [2.24, 2.45) is 0 Å². The van der Waals surface area contributed by atoms with Crippen LogP contribution in [-0.4, -0.2) is 9.97 Å². The number of fused-ring (bicyclic) bond motifs is 1. The van der Waals surface area contributed by atoms with Crippen LogP contribution in [0.1, 0.15) is 24.1 Å². The van der Waals surface area contributed by atoms with Gasteiger partial charge in [-0.25, -0.2) is 14.4 Å². The molecule has 1 saturated carbocycles. The van der Waals surface area contributed by atoms with Crippen LogP contribution in [0.25, 0.3) is 20.9 Å². The summed E-state index contributed by atoms with van der Waals surface area (Å²) in [6.45, 7) is 0. The van der Waals surface area contributed by atoms with Crippen LogP contribution in [0.2, 0.25) is 0 Å². The van der Waals surface area contributed by atoms with Gasteiger partial charge in [-0.2, -0.15) is 0 Å². The van der Waals surface area contributed by atoms with Gasteiger partial charge in [-0.3, -0.25) is 0 Å². The van der Waals surface area contributed by atoms with Crippen molar-refractivity contribution in [3.63, 3.8) is 0 Å². The monoisotopic (exact) mass is 346 g/mol. The van der Waals surface area contributed by atoms with Crippen LogP contribution in [0.4, 0.5) is 4.39 Å². The van der Waals surface area contributed by atoms with Crippen LogP contribution in [0.5, 0.6) is 0 Å². The molecule has 2 heterocycles. The van der Waals surface area contributed by atoms with Gasteiger partial charge in [0.1, 0.15) is 21.2 Å². The third kappa shape index (κ3) is 2.45. The maximum Gasteiger partial charge on any atom is 0.144 e. The molecule has 0 amide bonds. The van der Waals surface area contributed by atoms with Crippen LogP contribution < -0.4 is 0 Å². The lowest BCUT2D eigenvalue weighted by Gasteiger charge is -2.14.